The van der Waals surface area contributed by atoms with Gasteiger partial charge in [0.25, 0.3) is 0 Å². The molecule has 0 spiro atoms. The molecule has 0 unspecified atom stereocenters. The van der Waals surface area contributed by atoms with E-state index in [9.17, 15) is 0 Å². The number of hydrogen-bond acceptors (Lipinski definition) is 2. The van der Waals surface area contributed by atoms with Crippen LogP contribution in [0.25, 0.3) is 33.4 Å². The van der Waals surface area contributed by atoms with Crippen LogP contribution in [0.15, 0.2) is 340 Å². The van der Waals surface area contributed by atoms with Crippen LogP contribution >= 0.6 is 11.6 Å². The average molecular weight is 1900 g/mol. The van der Waals surface area contributed by atoms with Gasteiger partial charge in [0, 0.05) is 50.0 Å². The van der Waals surface area contributed by atoms with Crippen molar-refractivity contribution in [1.82, 2.24) is 0 Å². The third-order valence-corrected chi connectivity index (χ3v) is 36.5. The van der Waals surface area contributed by atoms with Crippen molar-refractivity contribution < 1.29 is 0 Å². The van der Waals surface area contributed by atoms with Gasteiger partial charge in [-0.05, 0) is 372 Å². The van der Waals surface area contributed by atoms with Gasteiger partial charge in [0.1, 0.15) is 0 Å². The zero-order valence-corrected chi connectivity index (χ0v) is 86.6. The summed E-state index contributed by atoms with van der Waals surface area (Å²) in [6.45, 7) is 0. The lowest BCUT2D eigenvalue weighted by molar-refractivity contribution is 0.346. The molecule has 3 heteroatoms. The van der Waals surface area contributed by atoms with Crippen molar-refractivity contribution >= 4 is 45.7 Å². The molecule has 0 amide bonds. The van der Waals surface area contributed by atoms with Crippen molar-refractivity contribution in [3.8, 4) is 33.4 Å². The fourth-order valence-corrected chi connectivity index (χ4v) is 27.8. The van der Waals surface area contributed by atoms with Crippen molar-refractivity contribution in [1.29, 1.82) is 0 Å². The number of hydrogen-bond donors (Lipinski definition) is 0. The predicted octanol–water partition coefficient (Wildman–Crippen LogP) is 41.7. The minimum Gasteiger partial charge on any atom is -0.311 e. The van der Waals surface area contributed by atoms with E-state index in [1.54, 1.807) is 11.1 Å². The molecule has 0 bridgehead atoms. The van der Waals surface area contributed by atoms with Gasteiger partial charge in [-0.1, -0.05) is 440 Å². The molecular weight excluding hydrogens is 1750 g/mol. The van der Waals surface area contributed by atoms with Crippen LogP contribution < -0.4 is 9.80 Å². The summed E-state index contributed by atoms with van der Waals surface area (Å²) in [5.41, 5.74) is 37.3. The molecule has 14 aromatic rings. The standard InChI is InChI=1S/C78H86N2.C44H52.C18H19Cl/c1-6-16-58(17-7-1)62-24-28-64(29-25-62)68-36-48-74(49-37-68)79(72-44-32-66(33-45-72)60-20-10-3-11-21-60)76-52-40-70(41-53-76)78(56-14-5-15-57-78)71-42-54-77(55-43-71)80(73-46-34-67(35-47-73)61-22-12-4-13-23-61)75-50-38-69(39-51-75)65-30-26-63(27-31-65)59-18-8-2-9-19-59;1-4-10-38(11-5-1)40-22-14-34(15-23-40)32-36-18-26-42(27-19-36)44(30-8-3-9-31-44)43-28-20-37(21-29-43)33-35-16-24-41(25-17-35)39-12-6-2-7-13-39;19-18-12-10-17(11-13-18)16-8-6-15(7-9-16)14-4-2-1-3-5-14/h24-55,58-61H,1-23,56-57H2;14-29,38-39H,1-13,30-33H2;6-14H,1-5H2. The van der Waals surface area contributed by atoms with Crippen molar-refractivity contribution in [3.05, 3.63) is 428 Å². The van der Waals surface area contributed by atoms with E-state index in [1.165, 1.54) is 416 Å². The topological polar surface area (TPSA) is 6.48 Å². The zero-order valence-electron chi connectivity index (χ0n) is 85.9. The Morgan fingerprint density at radius 2 is 0.308 bits per heavy atom. The Balaban J connectivity index is 0.000000158. The highest BCUT2D eigenvalue weighted by molar-refractivity contribution is 6.30. The number of halogens is 1. The van der Waals surface area contributed by atoms with Crippen molar-refractivity contribution in [2.24, 2.45) is 0 Å². The first-order chi connectivity index (χ1) is 70.7. The van der Waals surface area contributed by atoms with Gasteiger partial charge >= 0.3 is 0 Å². The van der Waals surface area contributed by atoms with E-state index in [4.69, 9.17) is 11.6 Å². The highest BCUT2D eigenvalue weighted by Crippen LogP contribution is 2.52. The van der Waals surface area contributed by atoms with Crippen LogP contribution in [-0.4, -0.2) is 0 Å². The van der Waals surface area contributed by atoms with Gasteiger partial charge in [0.2, 0.25) is 0 Å². The number of nitrogens with zero attached hydrogens (tertiary/aromatic N) is 2. The quantitative estimate of drug-likeness (QED) is 0.0595. The van der Waals surface area contributed by atoms with E-state index in [-0.39, 0.29) is 10.8 Å². The van der Waals surface area contributed by atoms with Crippen molar-refractivity contribution in [2.75, 3.05) is 9.80 Å². The second-order valence-corrected chi connectivity index (χ2v) is 45.7. The zero-order chi connectivity index (χ0) is 96.2. The van der Waals surface area contributed by atoms with Gasteiger partial charge in [0.15, 0.2) is 0 Å². The SMILES string of the molecule is Clc1ccc(-c2ccc(C3CCCCC3)cc2)cc1.c1cc(C2CCCCC2)ccc1-c1ccc(N(c2ccc(C3CCCCC3)cc2)c2ccc(C3(c4ccc(N(c5ccc(-c6ccc(C7CCCCC7)cc6)cc5)c5ccc(C6CCCCC6)cc5)cc4)CCCCC3)cc2)cc1.c1cc(C2CCCCC2)ccc1Cc1ccc(C2(c3ccc(Cc4ccc(C5CCCCC5)cc4)cc3)CCCCC2)cc1. The maximum atomic E-state index is 5.93. The first-order valence-electron chi connectivity index (χ1n) is 57.3. The Morgan fingerprint density at radius 3 is 0.517 bits per heavy atom. The second-order valence-electron chi connectivity index (χ2n) is 45.3. The summed E-state index contributed by atoms with van der Waals surface area (Å²) in [6, 6.07) is 132. The summed E-state index contributed by atoms with van der Waals surface area (Å²) in [7, 11) is 0. The molecule has 0 saturated heterocycles. The van der Waals surface area contributed by atoms with Crippen LogP contribution in [0.4, 0.5) is 34.1 Å². The molecule has 0 aliphatic heterocycles. The molecule has 0 N–H and O–H groups in total. The molecule has 14 aromatic carbocycles. The van der Waals surface area contributed by atoms with Crippen molar-refractivity contribution in [2.45, 2.75) is 354 Å². The lowest BCUT2D eigenvalue weighted by Crippen LogP contribution is -2.30. The van der Waals surface area contributed by atoms with E-state index < -0.39 is 0 Å². The van der Waals surface area contributed by atoms with E-state index >= 15 is 0 Å². The third-order valence-electron chi connectivity index (χ3n) is 36.2. The van der Waals surface area contributed by atoms with Gasteiger partial charge < -0.3 is 9.80 Å². The Bertz CT molecular complexity index is 5900. The largest absolute Gasteiger partial charge is 0.311 e. The molecule has 0 atom stereocenters. The Morgan fingerprint density at radius 1 is 0.161 bits per heavy atom. The first kappa shape index (κ1) is 98.0. The van der Waals surface area contributed by atoms with Gasteiger partial charge in [-0.15, -0.1) is 0 Å². The summed E-state index contributed by atoms with van der Waals surface area (Å²) in [6.07, 6.45) is 62.6. The fraction of sp³-hybridized carbons (Fsp3) is 0.400. The summed E-state index contributed by atoms with van der Waals surface area (Å²) in [4.78, 5) is 4.98. The summed E-state index contributed by atoms with van der Waals surface area (Å²) in [5, 5.41) is 0.794. The molecular formula is C140H157ClN2. The van der Waals surface area contributed by atoms with Crippen LogP contribution in [0.1, 0.15) is 414 Å². The third kappa shape index (κ3) is 24.0. The second kappa shape index (κ2) is 47.9. The molecule has 9 aliphatic carbocycles. The lowest BCUT2D eigenvalue weighted by atomic mass is 9.65. The smallest absolute Gasteiger partial charge is 0.0462 e. The molecule has 0 aromatic heterocycles. The molecule has 0 heterocycles. The number of benzene rings is 14. The minimum atomic E-state index is -0.0450. The van der Waals surface area contributed by atoms with Crippen molar-refractivity contribution in [3.63, 3.8) is 0 Å². The summed E-state index contributed by atoms with van der Waals surface area (Å²) >= 11 is 5.93. The van der Waals surface area contributed by atoms with Crippen LogP contribution in [0.5, 0.6) is 0 Å². The molecule has 0 radical (unpaired) electrons. The van der Waals surface area contributed by atoms with Gasteiger partial charge in [-0.3, -0.25) is 0 Å². The Kier molecular flexibility index (Phi) is 32.8. The molecule has 143 heavy (non-hydrogen) atoms. The van der Waals surface area contributed by atoms with E-state index in [0.29, 0.717) is 11.8 Å². The average Bonchev–Trinajstić information content (AvgIpc) is 0.758. The van der Waals surface area contributed by atoms with E-state index in [0.717, 1.165) is 60.3 Å². The fourth-order valence-electron chi connectivity index (χ4n) is 27.7. The van der Waals surface area contributed by atoms with Crippen LogP contribution in [0.2, 0.25) is 5.02 Å². The van der Waals surface area contributed by atoms with E-state index in [2.05, 4.69) is 337 Å². The highest BCUT2D eigenvalue weighted by atomic mass is 35.5. The minimum absolute atomic E-state index is 0.0450. The first-order valence-corrected chi connectivity index (χ1v) is 57.7. The Labute approximate surface area is 864 Å². The van der Waals surface area contributed by atoms with E-state index in [1.807, 2.05) is 12.1 Å². The maximum absolute atomic E-state index is 5.93. The lowest BCUT2D eigenvalue weighted by Gasteiger charge is -2.39. The van der Waals surface area contributed by atoms with Crippen LogP contribution in [0, 0.1) is 0 Å². The van der Waals surface area contributed by atoms with Gasteiger partial charge in [-0.25, -0.2) is 0 Å². The van der Waals surface area contributed by atoms with Crippen LogP contribution in [-0.2, 0) is 23.7 Å². The molecule has 9 saturated carbocycles. The normalized spacial score (nSPS) is 18.6. The predicted molar refractivity (Wildman–Crippen MR) is 610 cm³/mol. The summed E-state index contributed by atoms with van der Waals surface area (Å²) in [5.74, 6) is 5.17. The number of rotatable bonds is 24. The summed E-state index contributed by atoms with van der Waals surface area (Å²) < 4.78 is 0. The molecule has 23 rings (SSSR count). The maximum Gasteiger partial charge on any atom is 0.0462 e. The Hall–Kier alpha value is -11.0. The monoisotopic (exact) mass is 1900 g/mol. The van der Waals surface area contributed by atoms with Gasteiger partial charge in [-0.2, -0.15) is 0 Å². The molecule has 9 aliphatic rings. The number of anilines is 6. The molecule has 9 fully saturated rings. The molecule has 734 valence electrons. The van der Waals surface area contributed by atoms with Gasteiger partial charge in [0.05, 0.1) is 0 Å². The highest BCUT2D eigenvalue weighted by Gasteiger charge is 2.39. The van der Waals surface area contributed by atoms with Crippen LogP contribution in [0.3, 0.4) is 0 Å². The molecule has 2 nitrogen and oxygen atoms in total.